The maximum atomic E-state index is 11.8. The molecule has 7 heteroatoms. The lowest BCUT2D eigenvalue weighted by Crippen LogP contribution is -2.42. The van der Waals surface area contributed by atoms with Gasteiger partial charge in [-0.3, -0.25) is 0 Å². The summed E-state index contributed by atoms with van der Waals surface area (Å²) in [5.74, 6) is 0.0274. The van der Waals surface area contributed by atoms with Crippen molar-refractivity contribution in [2.45, 2.75) is 39.3 Å². The van der Waals surface area contributed by atoms with E-state index in [0.717, 1.165) is 16.7 Å². The van der Waals surface area contributed by atoms with Gasteiger partial charge in [-0.15, -0.1) is 0 Å². The third-order valence-corrected chi connectivity index (χ3v) is 4.36. The van der Waals surface area contributed by atoms with Crippen molar-refractivity contribution in [2.75, 3.05) is 18.6 Å². The molecule has 3 N–H and O–H groups in total. The van der Waals surface area contributed by atoms with Gasteiger partial charge < -0.3 is 15.7 Å². The third-order valence-electron chi connectivity index (χ3n) is 3.38. The van der Waals surface area contributed by atoms with Gasteiger partial charge in [0, 0.05) is 18.8 Å². The van der Waals surface area contributed by atoms with Crippen molar-refractivity contribution in [3.05, 3.63) is 34.9 Å². The van der Waals surface area contributed by atoms with Crippen LogP contribution in [0.5, 0.6) is 0 Å². The Morgan fingerprint density at radius 2 is 1.78 bits per heavy atom. The zero-order valence-electron chi connectivity index (χ0n) is 14.1. The fourth-order valence-electron chi connectivity index (χ4n) is 2.25. The highest BCUT2D eigenvalue weighted by atomic mass is 32.2. The maximum absolute atomic E-state index is 11.8. The van der Waals surface area contributed by atoms with Gasteiger partial charge in [0.15, 0.2) is 0 Å². The summed E-state index contributed by atoms with van der Waals surface area (Å²) in [7, 11) is -3.04. The SMILES string of the molecule is Cc1cc(C)cc([C@@H](O)CNC(=O)N[C@@H](C)CCS(C)(=O)=O)c1. The molecule has 0 aliphatic heterocycles. The number of sulfone groups is 1. The van der Waals surface area contributed by atoms with Crippen LogP contribution in [0.3, 0.4) is 0 Å². The second kappa shape index (κ2) is 8.31. The zero-order valence-corrected chi connectivity index (χ0v) is 14.9. The van der Waals surface area contributed by atoms with Gasteiger partial charge in [0.05, 0.1) is 11.9 Å². The van der Waals surface area contributed by atoms with Crippen LogP contribution in [-0.4, -0.2) is 44.2 Å². The van der Waals surface area contributed by atoms with Crippen LogP contribution in [0.1, 0.15) is 36.1 Å². The number of carbonyl (C=O) groups excluding carboxylic acids is 1. The maximum Gasteiger partial charge on any atom is 0.315 e. The Morgan fingerprint density at radius 1 is 1.22 bits per heavy atom. The van der Waals surface area contributed by atoms with Crippen LogP contribution in [0.25, 0.3) is 0 Å². The minimum Gasteiger partial charge on any atom is -0.387 e. The molecule has 1 rings (SSSR count). The van der Waals surface area contributed by atoms with Crippen LogP contribution in [-0.2, 0) is 9.84 Å². The minimum atomic E-state index is -3.04. The molecule has 1 aromatic rings. The number of hydrogen-bond donors (Lipinski definition) is 3. The summed E-state index contributed by atoms with van der Waals surface area (Å²) in [5, 5.41) is 15.4. The van der Waals surface area contributed by atoms with Crippen LogP contribution >= 0.6 is 0 Å². The molecular weight excluding hydrogens is 316 g/mol. The van der Waals surface area contributed by atoms with E-state index < -0.39 is 22.0 Å². The highest BCUT2D eigenvalue weighted by molar-refractivity contribution is 7.90. The molecule has 0 bridgehead atoms. The Bertz CT molecular complexity index is 623. The van der Waals surface area contributed by atoms with Gasteiger partial charge in [0.25, 0.3) is 0 Å². The molecular formula is C16H26N2O4S. The van der Waals surface area contributed by atoms with Gasteiger partial charge in [-0.25, -0.2) is 13.2 Å². The summed E-state index contributed by atoms with van der Waals surface area (Å²) in [6, 6.07) is 5.09. The van der Waals surface area contributed by atoms with E-state index in [1.165, 1.54) is 6.26 Å². The molecule has 0 radical (unpaired) electrons. The van der Waals surface area contributed by atoms with E-state index in [1.54, 1.807) is 6.92 Å². The number of nitrogens with one attached hydrogen (secondary N) is 2. The summed E-state index contributed by atoms with van der Waals surface area (Å²) < 4.78 is 22.2. The second-order valence-corrected chi connectivity index (χ2v) is 8.37. The van der Waals surface area contributed by atoms with E-state index in [2.05, 4.69) is 10.6 Å². The van der Waals surface area contributed by atoms with Crippen molar-refractivity contribution in [2.24, 2.45) is 0 Å². The highest BCUT2D eigenvalue weighted by Gasteiger charge is 2.13. The number of aliphatic hydroxyl groups excluding tert-OH is 1. The van der Waals surface area contributed by atoms with Gasteiger partial charge in [-0.2, -0.15) is 0 Å². The molecule has 0 spiro atoms. The Hall–Kier alpha value is -1.60. The van der Waals surface area contributed by atoms with E-state index in [-0.39, 0.29) is 18.3 Å². The molecule has 0 heterocycles. The molecule has 0 aliphatic carbocycles. The lowest BCUT2D eigenvalue weighted by atomic mass is 10.0. The molecule has 0 saturated heterocycles. The molecule has 0 fully saturated rings. The predicted octanol–water partition coefficient (Wildman–Crippen LogP) is 1.46. The van der Waals surface area contributed by atoms with Crippen molar-refractivity contribution in [3.8, 4) is 0 Å². The number of aliphatic hydroxyl groups is 1. The molecule has 0 unspecified atom stereocenters. The monoisotopic (exact) mass is 342 g/mol. The van der Waals surface area contributed by atoms with E-state index in [1.807, 2.05) is 32.0 Å². The second-order valence-electron chi connectivity index (χ2n) is 6.11. The molecule has 2 atom stereocenters. The molecule has 6 nitrogen and oxygen atoms in total. The van der Waals surface area contributed by atoms with E-state index >= 15 is 0 Å². The largest absolute Gasteiger partial charge is 0.387 e. The lowest BCUT2D eigenvalue weighted by molar-refractivity contribution is 0.172. The fraction of sp³-hybridized carbons (Fsp3) is 0.562. The molecule has 0 aliphatic rings. The van der Waals surface area contributed by atoms with E-state index in [4.69, 9.17) is 0 Å². The quantitative estimate of drug-likeness (QED) is 0.699. The zero-order chi connectivity index (χ0) is 17.6. The molecule has 0 saturated carbocycles. The summed E-state index contributed by atoms with van der Waals surface area (Å²) in [4.78, 5) is 11.8. The van der Waals surface area contributed by atoms with E-state index in [0.29, 0.717) is 6.42 Å². The van der Waals surface area contributed by atoms with Crippen LogP contribution in [0.15, 0.2) is 18.2 Å². The van der Waals surface area contributed by atoms with E-state index in [9.17, 15) is 18.3 Å². The van der Waals surface area contributed by atoms with Gasteiger partial charge >= 0.3 is 6.03 Å². The first-order valence-corrected chi connectivity index (χ1v) is 9.61. The molecule has 2 amide bonds. The van der Waals surface area contributed by atoms with Crippen LogP contribution in [0.2, 0.25) is 0 Å². The molecule has 0 aromatic heterocycles. The average Bonchev–Trinajstić information content (AvgIpc) is 2.40. The van der Waals surface area contributed by atoms with Crippen molar-refractivity contribution < 1.29 is 18.3 Å². The number of amides is 2. The normalized spacial score (nSPS) is 14.1. The van der Waals surface area contributed by atoms with Crippen LogP contribution < -0.4 is 10.6 Å². The average molecular weight is 342 g/mol. The number of aryl methyl sites for hydroxylation is 2. The number of urea groups is 1. The highest BCUT2D eigenvalue weighted by Crippen LogP contribution is 2.16. The van der Waals surface area contributed by atoms with Gasteiger partial charge in [-0.1, -0.05) is 29.3 Å². The first-order chi connectivity index (χ1) is 10.6. The smallest absolute Gasteiger partial charge is 0.315 e. The van der Waals surface area contributed by atoms with Crippen molar-refractivity contribution in [1.82, 2.24) is 10.6 Å². The minimum absolute atomic E-state index is 0.0274. The number of rotatable bonds is 7. The van der Waals surface area contributed by atoms with Crippen LogP contribution in [0, 0.1) is 13.8 Å². The Balaban J connectivity index is 2.43. The number of benzene rings is 1. The van der Waals surface area contributed by atoms with Crippen molar-refractivity contribution in [1.29, 1.82) is 0 Å². The van der Waals surface area contributed by atoms with Crippen molar-refractivity contribution >= 4 is 15.9 Å². The topological polar surface area (TPSA) is 95.5 Å². The summed E-state index contributed by atoms with van der Waals surface area (Å²) in [5.41, 5.74) is 2.86. The summed E-state index contributed by atoms with van der Waals surface area (Å²) in [6.45, 7) is 5.73. The Kier molecular flexibility index (Phi) is 7.02. The first-order valence-electron chi connectivity index (χ1n) is 7.55. The number of hydrogen-bond acceptors (Lipinski definition) is 4. The molecule has 130 valence electrons. The van der Waals surface area contributed by atoms with Gasteiger partial charge in [-0.05, 0) is 32.8 Å². The summed E-state index contributed by atoms with van der Waals surface area (Å²) >= 11 is 0. The Morgan fingerprint density at radius 3 is 2.30 bits per heavy atom. The summed E-state index contributed by atoms with van der Waals surface area (Å²) in [6.07, 6.45) is 0.733. The van der Waals surface area contributed by atoms with Gasteiger partial charge in [0.1, 0.15) is 9.84 Å². The first kappa shape index (κ1) is 19.4. The predicted molar refractivity (Wildman–Crippen MR) is 91.2 cm³/mol. The number of carbonyl (C=O) groups is 1. The van der Waals surface area contributed by atoms with Gasteiger partial charge in [0.2, 0.25) is 0 Å². The van der Waals surface area contributed by atoms with Crippen molar-refractivity contribution in [3.63, 3.8) is 0 Å². The van der Waals surface area contributed by atoms with Crippen LogP contribution in [0.4, 0.5) is 4.79 Å². The standard InChI is InChI=1S/C16H26N2O4S/c1-11-7-12(2)9-14(8-11)15(19)10-17-16(20)18-13(3)5-6-23(4,21)22/h7-9,13,15,19H,5-6,10H2,1-4H3,(H2,17,18,20)/t13-,15-/m0/s1. The molecule has 1 aromatic carbocycles. The molecule has 23 heavy (non-hydrogen) atoms. The Labute approximate surface area is 138 Å². The third kappa shape index (κ3) is 7.99. The lowest BCUT2D eigenvalue weighted by Gasteiger charge is -2.17. The fourth-order valence-corrected chi connectivity index (χ4v) is 3.03.